The fourth-order valence-corrected chi connectivity index (χ4v) is 2.93. The van der Waals surface area contributed by atoms with E-state index in [1.165, 1.54) is 0 Å². The van der Waals surface area contributed by atoms with Gasteiger partial charge in [0.05, 0.1) is 18.6 Å². The summed E-state index contributed by atoms with van der Waals surface area (Å²) in [6.45, 7) is 1.87. The third-order valence-corrected chi connectivity index (χ3v) is 4.82. The van der Waals surface area contributed by atoms with Gasteiger partial charge in [-0.25, -0.2) is 0 Å². The second kappa shape index (κ2) is 8.18. The smallest absolute Gasteiger partial charge is 0.227 e. The molecule has 1 amide bonds. The summed E-state index contributed by atoms with van der Waals surface area (Å²) in [7, 11) is 1.75. The van der Waals surface area contributed by atoms with Gasteiger partial charge in [0.15, 0.2) is 0 Å². The van der Waals surface area contributed by atoms with Crippen LogP contribution in [0.5, 0.6) is 0 Å². The van der Waals surface area contributed by atoms with E-state index in [-0.39, 0.29) is 11.9 Å². The van der Waals surface area contributed by atoms with Crippen LogP contribution >= 0.6 is 11.8 Å². The van der Waals surface area contributed by atoms with Gasteiger partial charge in [0.1, 0.15) is 0 Å². The van der Waals surface area contributed by atoms with Gasteiger partial charge >= 0.3 is 0 Å². The zero-order valence-electron chi connectivity index (χ0n) is 13.8. The SMILES string of the molecule is CSc1cccc(CC(=O)N(C)[C@H](C)[C@@H](O)c2ccccc2)c1. The lowest BCUT2D eigenvalue weighted by molar-refractivity contribution is -0.133. The minimum absolute atomic E-state index is 0.00531. The number of rotatable bonds is 6. The maximum Gasteiger partial charge on any atom is 0.227 e. The fourth-order valence-electron chi connectivity index (χ4n) is 2.45. The lowest BCUT2D eigenvalue weighted by atomic mass is 10.0. The van der Waals surface area contributed by atoms with Gasteiger partial charge in [-0.3, -0.25) is 4.79 Å². The van der Waals surface area contributed by atoms with Gasteiger partial charge in [-0.1, -0.05) is 42.5 Å². The van der Waals surface area contributed by atoms with Crippen LogP contribution in [-0.4, -0.2) is 35.3 Å². The Kier molecular flexibility index (Phi) is 6.25. The maximum absolute atomic E-state index is 12.5. The van der Waals surface area contributed by atoms with Gasteiger partial charge in [-0.05, 0) is 36.4 Å². The van der Waals surface area contributed by atoms with E-state index >= 15 is 0 Å². The number of carbonyl (C=O) groups is 1. The topological polar surface area (TPSA) is 40.5 Å². The lowest BCUT2D eigenvalue weighted by Crippen LogP contribution is -2.39. The molecule has 0 unspecified atom stereocenters. The molecule has 1 N–H and O–H groups in total. The first-order valence-electron chi connectivity index (χ1n) is 7.64. The number of benzene rings is 2. The van der Waals surface area contributed by atoms with E-state index in [9.17, 15) is 9.90 Å². The molecule has 0 aliphatic rings. The van der Waals surface area contributed by atoms with Crippen LogP contribution in [0.1, 0.15) is 24.2 Å². The van der Waals surface area contributed by atoms with Crippen molar-refractivity contribution in [2.45, 2.75) is 30.4 Å². The number of nitrogens with zero attached hydrogens (tertiary/aromatic N) is 1. The standard InChI is InChI=1S/C19H23NO2S/c1-14(19(22)16-9-5-4-6-10-16)20(2)18(21)13-15-8-7-11-17(12-15)23-3/h4-12,14,19,22H,13H2,1-3H3/t14-,19-/m1/s1. The van der Waals surface area contributed by atoms with Crippen molar-refractivity contribution < 1.29 is 9.90 Å². The van der Waals surface area contributed by atoms with E-state index in [2.05, 4.69) is 0 Å². The predicted molar refractivity (Wildman–Crippen MR) is 95.6 cm³/mol. The summed E-state index contributed by atoms with van der Waals surface area (Å²) in [4.78, 5) is 15.3. The molecule has 2 rings (SSSR count). The number of likely N-dealkylation sites (N-methyl/N-ethyl adjacent to an activating group) is 1. The molecule has 0 fully saturated rings. The molecule has 0 radical (unpaired) electrons. The van der Waals surface area contributed by atoms with Gasteiger partial charge in [-0.2, -0.15) is 0 Å². The van der Waals surface area contributed by atoms with Crippen molar-refractivity contribution in [2.24, 2.45) is 0 Å². The predicted octanol–water partition coefficient (Wildman–Crippen LogP) is 3.53. The molecule has 2 aromatic rings. The summed E-state index contributed by atoms with van der Waals surface area (Å²) in [5, 5.41) is 10.5. The van der Waals surface area contributed by atoms with Crippen LogP contribution < -0.4 is 0 Å². The van der Waals surface area contributed by atoms with Crippen LogP contribution in [0, 0.1) is 0 Å². The van der Waals surface area contributed by atoms with Crippen LogP contribution in [0.3, 0.4) is 0 Å². The van der Waals surface area contributed by atoms with Gasteiger partial charge in [0.2, 0.25) is 5.91 Å². The van der Waals surface area contributed by atoms with Crippen molar-refractivity contribution in [3.05, 3.63) is 65.7 Å². The Labute approximate surface area is 142 Å². The normalized spacial score (nSPS) is 13.4. The molecule has 0 heterocycles. The molecule has 23 heavy (non-hydrogen) atoms. The number of carbonyl (C=O) groups excluding carboxylic acids is 1. The van der Waals surface area contributed by atoms with Crippen LogP contribution in [-0.2, 0) is 11.2 Å². The number of aliphatic hydroxyl groups is 1. The van der Waals surface area contributed by atoms with Gasteiger partial charge in [-0.15, -0.1) is 11.8 Å². The summed E-state index contributed by atoms with van der Waals surface area (Å²) >= 11 is 1.66. The monoisotopic (exact) mass is 329 g/mol. The molecular formula is C19H23NO2S. The third kappa shape index (κ3) is 4.60. The first-order valence-corrected chi connectivity index (χ1v) is 8.87. The van der Waals surface area contributed by atoms with Crippen molar-refractivity contribution in [2.75, 3.05) is 13.3 Å². The average Bonchev–Trinajstić information content (AvgIpc) is 2.60. The van der Waals surface area contributed by atoms with E-state index < -0.39 is 6.10 Å². The van der Waals surface area contributed by atoms with Crippen molar-refractivity contribution in [3.63, 3.8) is 0 Å². The molecule has 0 bridgehead atoms. The number of aliphatic hydroxyl groups excluding tert-OH is 1. The Bertz CT molecular complexity index is 645. The Morgan fingerprint density at radius 1 is 1.17 bits per heavy atom. The van der Waals surface area contributed by atoms with E-state index in [1.807, 2.05) is 67.8 Å². The highest BCUT2D eigenvalue weighted by Crippen LogP contribution is 2.21. The van der Waals surface area contributed by atoms with Crippen molar-refractivity contribution in [1.29, 1.82) is 0 Å². The second-order valence-electron chi connectivity index (χ2n) is 5.63. The second-order valence-corrected chi connectivity index (χ2v) is 6.51. The molecule has 0 aliphatic carbocycles. The molecule has 122 valence electrons. The van der Waals surface area contributed by atoms with E-state index in [0.29, 0.717) is 6.42 Å². The first kappa shape index (κ1) is 17.6. The van der Waals surface area contributed by atoms with Crippen LogP contribution in [0.15, 0.2) is 59.5 Å². The summed E-state index contributed by atoms with van der Waals surface area (Å²) in [5.41, 5.74) is 1.82. The van der Waals surface area contributed by atoms with E-state index in [1.54, 1.807) is 23.7 Å². The van der Waals surface area contributed by atoms with Crippen LogP contribution in [0.4, 0.5) is 0 Å². The molecular weight excluding hydrogens is 306 g/mol. The molecule has 0 saturated heterocycles. The minimum atomic E-state index is -0.692. The largest absolute Gasteiger partial charge is 0.386 e. The highest BCUT2D eigenvalue weighted by atomic mass is 32.2. The number of hydrogen-bond donors (Lipinski definition) is 1. The quantitative estimate of drug-likeness (QED) is 0.824. The molecule has 0 spiro atoms. The van der Waals surface area contributed by atoms with Crippen LogP contribution in [0.2, 0.25) is 0 Å². The maximum atomic E-state index is 12.5. The number of amides is 1. The average molecular weight is 329 g/mol. The van der Waals surface area contributed by atoms with Crippen molar-refractivity contribution in [1.82, 2.24) is 4.90 Å². The number of hydrogen-bond acceptors (Lipinski definition) is 3. The summed E-state index contributed by atoms with van der Waals surface area (Å²) in [6.07, 6.45) is 1.67. The minimum Gasteiger partial charge on any atom is -0.386 e. The first-order chi connectivity index (χ1) is 11.0. The molecule has 0 aliphatic heterocycles. The fraction of sp³-hybridized carbons (Fsp3) is 0.316. The van der Waals surface area contributed by atoms with E-state index in [0.717, 1.165) is 16.0 Å². The number of thioether (sulfide) groups is 1. The summed E-state index contributed by atoms with van der Waals surface area (Å²) < 4.78 is 0. The molecule has 4 heteroatoms. The van der Waals surface area contributed by atoms with Gasteiger partial charge in [0.25, 0.3) is 0 Å². The Morgan fingerprint density at radius 3 is 2.52 bits per heavy atom. The van der Waals surface area contributed by atoms with Gasteiger partial charge in [0, 0.05) is 11.9 Å². The Balaban J connectivity index is 2.03. The highest BCUT2D eigenvalue weighted by molar-refractivity contribution is 7.98. The molecule has 2 atom stereocenters. The summed E-state index contributed by atoms with van der Waals surface area (Å²) in [6, 6.07) is 17.2. The van der Waals surface area contributed by atoms with Crippen LogP contribution in [0.25, 0.3) is 0 Å². The third-order valence-electron chi connectivity index (χ3n) is 4.09. The van der Waals surface area contributed by atoms with Crippen molar-refractivity contribution >= 4 is 17.7 Å². The Morgan fingerprint density at radius 2 is 1.87 bits per heavy atom. The van der Waals surface area contributed by atoms with Gasteiger partial charge < -0.3 is 10.0 Å². The lowest BCUT2D eigenvalue weighted by Gasteiger charge is -2.29. The Hall–Kier alpha value is -1.78. The highest BCUT2D eigenvalue weighted by Gasteiger charge is 2.24. The molecule has 0 aromatic heterocycles. The molecule has 3 nitrogen and oxygen atoms in total. The summed E-state index contributed by atoms with van der Waals surface area (Å²) in [5.74, 6) is 0.00531. The van der Waals surface area contributed by atoms with E-state index in [4.69, 9.17) is 0 Å². The molecule has 2 aromatic carbocycles. The zero-order chi connectivity index (χ0) is 16.8. The van der Waals surface area contributed by atoms with Crippen molar-refractivity contribution in [3.8, 4) is 0 Å². The zero-order valence-corrected chi connectivity index (χ0v) is 14.6. The molecule has 0 saturated carbocycles.